The number of aromatic carboxylic acids is 1. The number of nitrogens with two attached hydrogens (primary N) is 1. The number of carbonyl (C=O) groups excluding carboxylic acids is 1. The van der Waals surface area contributed by atoms with Crippen LogP contribution >= 0.6 is 0 Å². The van der Waals surface area contributed by atoms with Gasteiger partial charge in [0, 0.05) is 38.7 Å². The first-order valence-corrected chi connectivity index (χ1v) is 3.39. The summed E-state index contributed by atoms with van der Waals surface area (Å²) in [6.07, 6.45) is 2.49. The van der Waals surface area contributed by atoms with Crippen LogP contribution in [0.2, 0.25) is 0 Å². The van der Waals surface area contributed by atoms with E-state index in [1.807, 2.05) is 0 Å². The summed E-state index contributed by atoms with van der Waals surface area (Å²) >= 11 is 0. The molecule has 0 aliphatic carbocycles. The number of hydrogen-bond acceptors (Lipinski definition) is 4. The minimum Gasteiger partial charge on any atom is -0.557 e. The molecule has 0 saturated heterocycles. The van der Waals surface area contributed by atoms with Gasteiger partial charge in [-0.05, 0) is 5.69 Å². The van der Waals surface area contributed by atoms with Crippen molar-refractivity contribution in [1.82, 2.24) is 4.98 Å². The zero-order valence-corrected chi connectivity index (χ0v) is 10.3. The van der Waals surface area contributed by atoms with Crippen LogP contribution in [0.1, 0.15) is 21.6 Å². The maximum absolute atomic E-state index is 10.4. The van der Waals surface area contributed by atoms with E-state index in [4.69, 9.17) is 5.73 Å². The predicted octanol–water partition coefficient (Wildman–Crippen LogP) is -0.558. The van der Waals surface area contributed by atoms with Crippen LogP contribution in [-0.2, 0) is 32.7 Å². The van der Waals surface area contributed by atoms with Crippen LogP contribution in [0, 0.1) is 20.0 Å². The van der Waals surface area contributed by atoms with Gasteiger partial charge in [-0.2, -0.15) is 0 Å². The van der Waals surface area contributed by atoms with Gasteiger partial charge in [-0.15, -0.1) is 11.1 Å². The SMILES string of the molecule is Cc1[c-]nc(C(=O)[O-])c(C)c1N.[Y]. The topological polar surface area (TPSA) is 79.0 Å². The summed E-state index contributed by atoms with van der Waals surface area (Å²) in [6.45, 7) is 3.31. The van der Waals surface area contributed by atoms with E-state index >= 15 is 0 Å². The Kier molecular flexibility index (Phi) is 4.50. The number of hydrogen-bond donors (Lipinski definition) is 1. The van der Waals surface area contributed by atoms with Crippen molar-refractivity contribution in [2.45, 2.75) is 13.8 Å². The molecule has 2 N–H and O–H groups in total. The molecule has 0 spiro atoms. The second-order valence-corrected chi connectivity index (χ2v) is 2.52. The Morgan fingerprint density at radius 2 is 2.08 bits per heavy atom. The van der Waals surface area contributed by atoms with Crippen LogP contribution in [0.3, 0.4) is 0 Å². The number of aromatic nitrogens is 1. The molecule has 0 bridgehead atoms. The summed E-state index contributed by atoms with van der Waals surface area (Å²) in [5, 5.41) is 10.4. The molecule has 0 aromatic carbocycles. The zero-order valence-electron chi connectivity index (χ0n) is 7.42. The monoisotopic (exact) mass is 253 g/mol. The fourth-order valence-electron chi connectivity index (χ4n) is 0.891. The van der Waals surface area contributed by atoms with E-state index in [1.165, 1.54) is 0 Å². The number of carboxylic acid groups (broad SMARTS) is 1. The molecule has 0 unspecified atom stereocenters. The Morgan fingerprint density at radius 3 is 2.54 bits per heavy atom. The van der Waals surface area contributed by atoms with Crippen molar-refractivity contribution in [3.63, 3.8) is 0 Å². The van der Waals surface area contributed by atoms with Gasteiger partial charge in [0.25, 0.3) is 0 Å². The van der Waals surface area contributed by atoms with E-state index in [0.29, 0.717) is 16.8 Å². The summed E-state index contributed by atoms with van der Waals surface area (Å²) in [5.74, 6) is -1.32. The Balaban J connectivity index is 0.00000144. The molecule has 1 rings (SSSR count). The normalized spacial score (nSPS) is 9.08. The second kappa shape index (κ2) is 4.67. The predicted molar refractivity (Wildman–Crippen MR) is 41.3 cm³/mol. The van der Waals surface area contributed by atoms with Gasteiger partial charge in [-0.1, -0.05) is 25.7 Å². The number of anilines is 1. The quantitative estimate of drug-likeness (QED) is 0.680. The van der Waals surface area contributed by atoms with E-state index in [-0.39, 0.29) is 38.4 Å². The number of nitrogens with zero attached hydrogens (tertiary/aromatic N) is 1. The third-order valence-electron chi connectivity index (χ3n) is 1.69. The molecule has 1 heterocycles. The molecule has 0 fully saturated rings. The van der Waals surface area contributed by atoms with E-state index < -0.39 is 5.97 Å². The molecule has 13 heavy (non-hydrogen) atoms. The molecular weight excluding hydrogens is 245 g/mol. The molecule has 1 aromatic heterocycles. The average Bonchev–Trinajstić information content (AvgIpc) is 2.00. The third kappa shape index (κ3) is 2.48. The average molecular weight is 253 g/mol. The number of rotatable bonds is 1. The summed E-state index contributed by atoms with van der Waals surface area (Å²) in [6, 6.07) is 0. The zero-order chi connectivity index (χ0) is 9.30. The molecule has 1 aromatic rings. The van der Waals surface area contributed by atoms with Crippen molar-refractivity contribution in [3.05, 3.63) is 23.0 Å². The Labute approximate surface area is 101 Å². The molecule has 0 amide bonds. The van der Waals surface area contributed by atoms with Crippen molar-refractivity contribution >= 4 is 11.7 Å². The minimum atomic E-state index is -1.32. The van der Waals surface area contributed by atoms with E-state index in [1.54, 1.807) is 13.8 Å². The minimum absolute atomic E-state index is 0. The van der Waals surface area contributed by atoms with Crippen molar-refractivity contribution in [1.29, 1.82) is 0 Å². The van der Waals surface area contributed by atoms with Crippen LogP contribution in [0.5, 0.6) is 0 Å². The molecule has 0 aliphatic heterocycles. The van der Waals surface area contributed by atoms with Gasteiger partial charge in [0.05, 0.1) is 0 Å². The summed E-state index contributed by atoms with van der Waals surface area (Å²) in [7, 11) is 0. The van der Waals surface area contributed by atoms with Gasteiger partial charge in [0.1, 0.15) is 0 Å². The number of pyridine rings is 1. The van der Waals surface area contributed by atoms with Crippen LogP contribution in [0.4, 0.5) is 5.69 Å². The van der Waals surface area contributed by atoms with Crippen molar-refractivity contribution in [3.8, 4) is 0 Å². The maximum Gasteiger partial charge on any atom is 0.0333 e. The molecular formula is C8H8N2O2Y-2. The van der Waals surface area contributed by atoms with E-state index in [9.17, 15) is 9.90 Å². The van der Waals surface area contributed by atoms with Gasteiger partial charge in [-0.3, -0.25) is 0 Å². The van der Waals surface area contributed by atoms with Gasteiger partial charge in [-0.25, -0.2) is 0 Å². The summed E-state index contributed by atoms with van der Waals surface area (Å²) < 4.78 is 0. The molecule has 0 aliphatic rings. The van der Waals surface area contributed by atoms with Gasteiger partial charge >= 0.3 is 0 Å². The standard InChI is InChI=1S/C8H9N2O2.Y/c1-4-3-10-7(8(11)12)5(2)6(4)9;/h1-2H3,(H2,9,10)(H,11,12);/q-1;/p-1. The van der Waals surface area contributed by atoms with Crippen molar-refractivity contribution in [2.24, 2.45) is 0 Å². The van der Waals surface area contributed by atoms with E-state index in [0.717, 1.165) is 0 Å². The van der Waals surface area contributed by atoms with Gasteiger partial charge in [0.2, 0.25) is 0 Å². The van der Waals surface area contributed by atoms with E-state index in [2.05, 4.69) is 11.2 Å². The first-order valence-electron chi connectivity index (χ1n) is 3.39. The maximum atomic E-state index is 10.4. The molecule has 5 heteroatoms. The van der Waals surface area contributed by atoms with Crippen molar-refractivity contribution < 1.29 is 42.6 Å². The van der Waals surface area contributed by atoms with Crippen LogP contribution in [0.15, 0.2) is 0 Å². The third-order valence-corrected chi connectivity index (χ3v) is 1.69. The van der Waals surface area contributed by atoms with Crippen LogP contribution < -0.4 is 10.8 Å². The fourth-order valence-corrected chi connectivity index (χ4v) is 0.891. The number of carbonyl (C=O) groups is 1. The van der Waals surface area contributed by atoms with Crippen LogP contribution in [0.25, 0.3) is 0 Å². The molecule has 4 nitrogen and oxygen atoms in total. The first kappa shape index (κ1) is 12.5. The molecule has 1 radical (unpaired) electrons. The van der Waals surface area contributed by atoms with Gasteiger partial charge < -0.3 is 20.6 Å². The Bertz CT molecular complexity index is 339. The smallest absolute Gasteiger partial charge is 0.0333 e. The van der Waals surface area contributed by atoms with Crippen LogP contribution in [-0.4, -0.2) is 11.0 Å². The largest absolute Gasteiger partial charge is 0.557 e. The molecule has 0 atom stereocenters. The fraction of sp³-hybridized carbons (Fsp3) is 0.250. The number of carboxylic acids is 1. The molecule has 0 saturated carbocycles. The number of aryl methyl sites for hydroxylation is 1. The summed E-state index contributed by atoms with van der Waals surface area (Å²) in [4.78, 5) is 14.0. The van der Waals surface area contributed by atoms with Crippen molar-refractivity contribution in [2.75, 3.05) is 5.73 Å². The Hall–Kier alpha value is -0.476. The number of nitrogen functional groups attached to an aromatic ring is 1. The first-order chi connectivity index (χ1) is 5.54. The Morgan fingerprint density at radius 1 is 1.54 bits per heavy atom. The molecule has 67 valence electrons. The second-order valence-electron chi connectivity index (χ2n) is 2.52. The summed E-state index contributed by atoms with van der Waals surface area (Å²) in [5.41, 5.74) is 6.91. The van der Waals surface area contributed by atoms with Gasteiger partial charge in [0.15, 0.2) is 0 Å².